The second kappa shape index (κ2) is 9.42. The molecular weight excluding hydrogens is 342 g/mol. The molecule has 0 fully saturated rings. The van der Waals surface area contributed by atoms with Crippen LogP contribution >= 0.6 is 11.6 Å². The third kappa shape index (κ3) is 6.05. The van der Waals surface area contributed by atoms with Crippen LogP contribution in [-0.4, -0.2) is 37.3 Å². The molecule has 2 N–H and O–H groups in total. The van der Waals surface area contributed by atoms with Gasteiger partial charge in [0.2, 0.25) is 0 Å². The SMILES string of the molecule is COc1cc(C(C)=O)ccc1OCC(O)CNCc1ccc(Cl)cc1. The van der Waals surface area contributed by atoms with Crippen LogP contribution in [0.5, 0.6) is 11.5 Å². The number of aliphatic hydroxyl groups excluding tert-OH is 1. The maximum absolute atomic E-state index is 11.4. The maximum Gasteiger partial charge on any atom is 0.161 e. The molecule has 0 aliphatic carbocycles. The number of ether oxygens (including phenoxy) is 2. The first-order valence-corrected chi connectivity index (χ1v) is 8.32. The van der Waals surface area contributed by atoms with E-state index in [9.17, 15) is 9.90 Å². The van der Waals surface area contributed by atoms with Gasteiger partial charge in [-0.2, -0.15) is 0 Å². The molecule has 134 valence electrons. The molecular formula is C19H22ClNO4. The molecule has 0 heterocycles. The second-order valence-electron chi connectivity index (χ2n) is 5.64. The zero-order valence-corrected chi connectivity index (χ0v) is 15.0. The topological polar surface area (TPSA) is 67.8 Å². The lowest BCUT2D eigenvalue weighted by Gasteiger charge is -2.15. The number of hydrogen-bond donors (Lipinski definition) is 2. The van der Waals surface area contributed by atoms with Gasteiger partial charge in [0.15, 0.2) is 17.3 Å². The molecule has 0 aliphatic rings. The molecule has 0 aliphatic heterocycles. The highest BCUT2D eigenvalue weighted by molar-refractivity contribution is 6.30. The average Bonchev–Trinajstić information content (AvgIpc) is 2.61. The van der Waals surface area contributed by atoms with Crippen LogP contribution in [0.15, 0.2) is 42.5 Å². The summed E-state index contributed by atoms with van der Waals surface area (Å²) in [5.41, 5.74) is 1.63. The third-order valence-corrected chi connectivity index (χ3v) is 3.88. The van der Waals surface area contributed by atoms with Gasteiger partial charge in [0, 0.05) is 23.7 Å². The fourth-order valence-corrected chi connectivity index (χ4v) is 2.36. The Kier molecular flexibility index (Phi) is 7.25. The Labute approximate surface area is 152 Å². The monoisotopic (exact) mass is 363 g/mol. The minimum atomic E-state index is -0.676. The highest BCUT2D eigenvalue weighted by Gasteiger charge is 2.11. The molecule has 0 radical (unpaired) electrons. The molecule has 1 unspecified atom stereocenters. The summed E-state index contributed by atoms with van der Waals surface area (Å²) >= 11 is 5.84. The van der Waals surface area contributed by atoms with Crippen LogP contribution in [-0.2, 0) is 6.54 Å². The quantitative estimate of drug-likeness (QED) is 0.670. The molecule has 1 atom stereocenters. The van der Waals surface area contributed by atoms with Crippen LogP contribution in [0.2, 0.25) is 5.02 Å². The second-order valence-corrected chi connectivity index (χ2v) is 6.08. The normalized spacial score (nSPS) is 11.8. The van der Waals surface area contributed by atoms with Gasteiger partial charge in [-0.1, -0.05) is 23.7 Å². The molecule has 5 nitrogen and oxygen atoms in total. The lowest BCUT2D eigenvalue weighted by Crippen LogP contribution is -2.31. The van der Waals surface area contributed by atoms with E-state index in [2.05, 4.69) is 5.32 Å². The van der Waals surface area contributed by atoms with Crippen LogP contribution in [0, 0.1) is 0 Å². The van der Waals surface area contributed by atoms with E-state index in [1.54, 1.807) is 18.2 Å². The highest BCUT2D eigenvalue weighted by Crippen LogP contribution is 2.28. The summed E-state index contributed by atoms with van der Waals surface area (Å²) in [6.45, 7) is 2.62. The van der Waals surface area contributed by atoms with Crippen molar-refractivity contribution in [3.63, 3.8) is 0 Å². The van der Waals surface area contributed by atoms with E-state index in [4.69, 9.17) is 21.1 Å². The first kappa shape index (κ1) is 19.2. The summed E-state index contributed by atoms with van der Waals surface area (Å²) in [5, 5.41) is 13.9. The van der Waals surface area contributed by atoms with Crippen LogP contribution < -0.4 is 14.8 Å². The number of hydrogen-bond acceptors (Lipinski definition) is 5. The largest absolute Gasteiger partial charge is 0.493 e. The molecule has 2 aromatic rings. The van der Waals surface area contributed by atoms with Crippen molar-refractivity contribution in [2.75, 3.05) is 20.3 Å². The fraction of sp³-hybridized carbons (Fsp3) is 0.316. The van der Waals surface area contributed by atoms with Crippen LogP contribution in [0.25, 0.3) is 0 Å². The third-order valence-electron chi connectivity index (χ3n) is 3.62. The van der Waals surface area contributed by atoms with E-state index in [0.717, 1.165) is 5.56 Å². The van der Waals surface area contributed by atoms with Crippen LogP contribution in [0.4, 0.5) is 0 Å². The van der Waals surface area contributed by atoms with Gasteiger partial charge < -0.3 is 19.9 Å². The lowest BCUT2D eigenvalue weighted by atomic mass is 10.1. The zero-order chi connectivity index (χ0) is 18.2. The van der Waals surface area contributed by atoms with Crippen molar-refractivity contribution >= 4 is 17.4 Å². The van der Waals surface area contributed by atoms with E-state index in [1.807, 2.05) is 24.3 Å². The summed E-state index contributed by atoms with van der Waals surface area (Å²) in [5.74, 6) is 0.912. The number of benzene rings is 2. The van der Waals surface area contributed by atoms with Gasteiger partial charge in [-0.05, 0) is 42.8 Å². The number of nitrogens with one attached hydrogen (secondary N) is 1. The van der Waals surface area contributed by atoms with Gasteiger partial charge in [0.1, 0.15) is 12.7 Å². The number of carbonyl (C=O) groups excluding carboxylic acids is 1. The van der Waals surface area contributed by atoms with Gasteiger partial charge >= 0.3 is 0 Å². The first-order chi connectivity index (χ1) is 12.0. The molecule has 0 saturated heterocycles. The molecule has 0 amide bonds. The molecule has 0 saturated carbocycles. The van der Waals surface area contributed by atoms with Gasteiger partial charge in [-0.3, -0.25) is 4.79 Å². The molecule has 0 spiro atoms. The van der Waals surface area contributed by atoms with Gasteiger partial charge in [-0.25, -0.2) is 0 Å². The summed E-state index contributed by atoms with van der Waals surface area (Å²) in [7, 11) is 1.51. The Bertz CT molecular complexity index is 703. The van der Waals surface area contributed by atoms with Crippen molar-refractivity contribution in [3.05, 3.63) is 58.6 Å². The van der Waals surface area contributed by atoms with E-state index in [0.29, 0.717) is 35.2 Å². The number of methoxy groups -OCH3 is 1. The van der Waals surface area contributed by atoms with E-state index in [1.165, 1.54) is 14.0 Å². The number of Topliss-reactive ketones (excluding diaryl/α,β-unsaturated/α-hetero) is 1. The average molecular weight is 364 g/mol. The van der Waals surface area contributed by atoms with Gasteiger partial charge in [-0.15, -0.1) is 0 Å². The Morgan fingerprint density at radius 2 is 1.92 bits per heavy atom. The molecule has 2 aromatic carbocycles. The fourth-order valence-electron chi connectivity index (χ4n) is 2.24. The van der Waals surface area contributed by atoms with Crippen molar-refractivity contribution in [1.82, 2.24) is 5.32 Å². The Hall–Kier alpha value is -2.08. The van der Waals surface area contributed by atoms with Gasteiger partial charge in [0.05, 0.1) is 7.11 Å². The zero-order valence-electron chi connectivity index (χ0n) is 14.3. The summed E-state index contributed by atoms with van der Waals surface area (Å²) in [4.78, 5) is 11.4. The van der Waals surface area contributed by atoms with Crippen molar-refractivity contribution in [2.24, 2.45) is 0 Å². The van der Waals surface area contributed by atoms with Crippen molar-refractivity contribution in [1.29, 1.82) is 0 Å². The van der Waals surface area contributed by atoms with E-state index < -0.39 is 6.10 Å². The summed E-state index contributed by atoms with van der Waals surface area (Å²) < 4.78 is 10.8. The highest BCUT2D eigenvalue weighted by atomic mass is 35.5. The number of halogens is 1. The number of aliphatic hydroxyl groups is 1. The minimum Gasteiger partial charge on any atom is -0.493 e. The summed E-state index contributed by atoms with van der Waals surface area (Å²) in [6, 6.07) is 12.5. The molecule has 0 aromatic heterocycles. The van der Waals surface area contributed by atoms with Crippen molar-refractivity contribution in [3.8, 4) is 11.5 Å². The van der Waals surface area contributed by atoms with E-state index >= 15 is 0 Å². The van der Waals surface area contributed by atoms with E-state index in [-0.39, 0.29) is 12.4 Å². The number of ketones is 1. The predicted molar refractivity (Wildman–Crippen MR) is 97.7 cm³/mol. The Morgan fingerprint density at radius 3 is 2.56 bits per heavy atom. The first-order valence-electron chi connectivity index (χ1n) is 7.94. The number of rotatable bonds is 9. The molecule has 2 rings (SSSR count). The molecule has 6 heteroatoms. The van der Waals surface area contributed by atoms with Crippen molar-refractivity contribution in [2.45, 2.75) is 19.6 Å². The minimum absolute atomic E-state index is 0.0451. The maximum atomic E-state index is 11.4. The Morgan fingerprint density at radius 1 is 1.20 bits per heavy atom. The smallest absolute Gasteiger partial charge is 0.161 e. The van der Waals surface area contributed by atoms with Gasteiger partial charge in [0.25, 0.3) is 0 Å². The predicted octanol–water partition coefficient (Wildman–Crippen LogP) is 3.08. The van der Waals surface area contributed by atoms with Crippen LogP contribution in [0.1, 0.15) is 22.8 Å². The summed E-state index contributed by atoms with van der Waals surface area (Å²) in [6.07, 6.45) is -0.676. The molecule has 25 heavy (non-hydrogen) atoms. The number of carbonyl (C=O) groups is 1. The lowest BCUT2D eigenvalue weighted by molar-refractivity contribution is 0.101. The standard InChI is InChI=1S/C19H22ClNO4/c1-13(22)15-5-8-18(19(9-15)24-2)25-12-17(23)11-21-10-14-3-6-16(20)7-4-14/h3-9,17,21,23H,10-12H2,1-2H3. The van der Waals surface area contributed by atoms with Crippen molar-refractivity contribution < 1.29 is 19.4 Å². The molecule has 0 bridgehead atoms. The van der Waals surface area contributed by atoms with Crippen LogP contribution in [0.3, 0.4) is 0 Å². The Balaban J connectivity index is 1.80.